The maximum absolute atomic E-state index is 13.4. The lowest BCUT2D eigenvalue weighted by Crippen LogP contribution is -2.20. The fourth-order valence-corrected chi connectivity index (χ4v) is 1.33. The Bertz CT molecular complexity index is 349. The average Bonchev–Trinajstić information content (AvgIpc) is 2.09. The van der Waals surface area contributed by atoms with Gasteiger partial charge in [-0.2, -0.15) is 0 Å². The first-order valence-electron chi connectivity index (χ1n) is 4.55. The highest BCUT2D eigenvalue weighted by atomic mass is 32.1. The molecule has 14 heavy (non-hydrogen) atoms. The summed E-state index contributed by atoms with van der Waals surface area (Å²) < 4.78 is 13.4. The van der Waals surface area contributed by atoms with Crippen molar-refractivity contribution in [3.8, 4) is 0 Å². The van der Waals surface area contributed by atoms with Crippen LogP contribution < -0.4 is 5.73 Å². The van der Waals surface area contributed by atoms with Crippen LogP contribution in [0, 0.1) is 18.7 Å². The zero-order chi connectivity index (χ0) is 10.7. The van der Waals surface area contributed by atoms with Crippen molar-refractivity contribution in [3.05, 3.63) is 35.1 Å². The van der Waals surface area contributed by atoms with Gasteiger partial charge < -0.3 is 5.73 Å². The van der Waals surface area contributed by atoms with Crippen molar-refractivity contribution in [2.75, 3.05) is 0 Å². The van der Waals surface area contributed by atoms with Crippen molar-refractivity contribution in [1.29, 1.82) is 0 Å². The molecule has 1 unspecified atom stereocenters. The van der Waals surface area contributed by atoms with E-state index in [0.29, 0.717) is 17.0 Å². The molecule has 1 aromatic rings. The van der Waals surface area contributed by atoms with E-state index in [9.17, 15) is 4.39 Å². The Balaban J connectivity index is 2.82. The molecule has 76 valence electrons. The van der Waals surface area contributed by atoms with Gasteiger partial charge in [0.05, 0.1) is 4.99 Å². The predicted octanol–water partition coefficient (Wildman–Crippen LogP) is 2.60. The third kappa shape index (κ3) is 2.77. The van der Waals surface area contributed by atoms with Crippen molar-refractivity contribution in [1.82, 2.24) is 0 Å². The minimum atomic E-state index is -0.173. The highest BCUT2D eigenvalue weighted by molar-refractivity contribution is 7.80. The van der Waals surface area contributed by atoms with Crippen LogP contribution in [0.25, 0.3) is 0 Å². The third-order valence-corrected chi connectivity index (χ3v) is 2.62. The van der Waals surface area contributed by atoms with Crippen LogP contribution >= 0.6 is 12.2 Å². The molecule has 3 heteroatoms. The third-order valence-electron chi connectivity index (χ3n) is 2.22. The first kappa shape index (κ1) is 11.1. The summed E-state index contributed by atoms with van der Waals surface area (Å²) >= 11 is 4.84. The minimum absolute atomic E-state index is 0.0437. The van der Waals surface area contributed by atoms with Gasteiger partial charge in [-0.05, 0) is 30.5 Å². The number of aryl methyl sites for hydroxylation is 1. The van der Waals surface area contributed by atoms with Crippen LogP contribution in [0.5, 0.6) is 0 Å². The molecule has 1 nitrogen and oxygen atoms in total. The fraction of sp³-hybridized carbons (Fsp3) is 0.364. The van der Waals surface area contributed by atoms with Gasteiger partial charge in [0.25, 0.3) is 0 Å². The summed E-state index contributed by atoms with van der Waals surface area (Å²) in [6, 6.07) is 5.21. The highest BCUT2D eigenvalue weighted by Gasteiger charge is 2.09. The molecular weight excluding hydrogens is 197 g/mol. The number of hydrogen-bond donors (Lipinski definition) is 1. The van der Waals surface area contributed by atoms with Crippen molar-refractivity contribution in [2.24, 2.45) is 11.7 Å². The Morgan fingerprint density at radius 2 is 2.21 bits per heavy atom. The zero-order valence-electron chi connectivity index (χ0n) is 8.38. The van der Waals surface area contributed by atoms with E-state index in [0.717, 1.165) is 5.56 Å². The van der Waals surface area contributed by atoms with Crippen LogP contribution in [-0.4, -0.2) is 4.99 Å². The number of halogens is 1. The lowest BCUT2D eigenvalue weighted by Gasteiger charge is -2.10. The van der Waals surface area contributed by atoms with Crippen LogP contribution in [0.1, 0.15) is 18.1 Å². The average molecular weight is 211 g/mol. The molecular formula is C11H14FNS. The Morgan fingerprint density at radius 3 is 2.71 bits per heavy atom. The number of thiocarbonyl (C=S) groups is 1. The molecule has 2 N–H and O–H groups in total. The first-order valence-corrected chi connectivity index (χ1v) is 4.96. The van der Waals surface area contributed by atoms with Crippen molar-refractivity contribution >= 4 is 17.2 Å². The van der Waals surface area contributed by atoms with Crippen molar-refractivity contribution in [3.63, 3.8) is 0 Å². The van der Waals surface area contributed by atoms with Gasteiger partial charge in [0.15, 0.2) is 0 Å². The molecule has 0 aliphatic carbocycles. The molecule has 0 aliphatic heterocycles. The number of rotatable bonds is 3. The van der Waals surface area contributed by atoms with Crippen LogP contribution in [0.3, 0.4) is 0 Å². The summed E-state index contributed by atoms with van der Waals surface area (Å²) in [7, 11) is 0. The van der Waals surface area contributed by atoms with Crippen LogP contribution in [0.2, 0.25) is 0 Å². The Hall–Kier alpha value is -0.960. The monoisotopic (exact) mass is 211 g/mol. The van der Waals surface area contributed by atoms with E-state index in [1.165, 1.54) is 6.07 Å². The smallest absolute Gasteiger partial charge is 0.126 e. The van der Waals surface area contributed by atoms with Gasteiger partial charge in [-0.1, -0.05) is 31.3 Å². The number of hydrogen-bond acceptors (Lipinski definition) is 1. The van der Waals surface area contributed by atoms with E-state index in [1.54, 1.807) is 6.07 Å². The molecule has 0 aliphatic rings. The summed E-state index contributed by atoms with van der Waals surface area (Å²) in [6.45, 7) is 3.77. The Kier molecular flexibility index (Phi) is 3.58. The van der Waals surface area contributed by atoms with E-state index in [4.69, 9.17) is 18.0 Å². The molecule has 1 aromatic carbocycles. The summed E-state index contributed by atoms with van der Waals surface area (Å²) in [4.78, 5) is 0.435. The minimum Gasteiger partial charge on any atom is -0.393 e. The van der Waals surface area contributed by atoms with Crippen molar-refractivity contribution < 1.29 is 4.39 Å². The maximum atomic E-state index is 13.4. The lowest BCUT2D eigenvalue weighted by atomic mass is 10.00. The van der Waals surface area contributed by atoms with E-state index < -0.39 is 0 Å². The maximum Gasteiger partial charge on any atom is 0.126 e. The summed E-state index contributed by atoms with van der Waals surface area (Å²) in [5.41, 5.74) is 7.07. The summed E-state index contributed by atoms with van der Waals surface area (Å²) in [6.07, 6.45) is 0.571. The molecule has 0 fully saturated rings. The van der Waals surface area contributed by atoms with Crippen LogP contribution in [0.15, 0.2) is 18.2 Å². The standard InChI is InChI=1S/C11H14FNS/c1-7-3-4-9(10(12)5-7)6-8(2)11(13)14/h3-5,8H,6H2,1-2H3,(H2,13,14). The van der Waals surface area contributed by atoms with Gasteiger partial charge in [-0.25, -0.2) is 4.39 Å². The quantitative estimate of drug-likeness (QED) is 0.778. The molecule has 0 saturated carbocycles. The summed E-state index contributed by atoms with van der Waals surface area (Å²) in [5.74, 6) is -0.129. The molecule has 0 saturated heterocycles. The van der Waals surface area contributed by atoms with Gasteiger partial charge in [0.1, 0.15) is 5.82 Å². The Morgan fingerprint density at radius 1 is 1.57 bits per heavy atom. The topological polar surface area (TPSA) is 26.0 Å². The second-order valence-corrected chi connectivity index (χ2v) is 4.07. The molecule has 0 amide bonds. The lowest BCUT2D eigenvalue weighted by molar-refractivity contribution is 0.597. The predicted molar refractivity (Wildman–Crippen MR) is 60.8 cm³/mol. The van der Waals surface area contributed by atoms with Gasteiger partial charge in [0.2, 0.25) is 0 Å². The van der Waals surface area contributed by atoms with Crippen molar-refractivity contribution in [2.45, 2.75) is 20.3 Å². The normalized spacial score (nSPS) is 12.5. The molecule has 0 bridgehead atoms. The van der Waals surface area contributed by atoms with E-state index >= 15 is 0 Å². The van der Waals surface area contributed by atoms with Gasteiger partial charge in [-0.15, -0.1) is 0 Å². The second kappa shape index (κ2) is 4.51. The number of nitrogens with two attached hydrogens (primary N) is 1. The fourth-order valence-electron chi connectivity index (χ4n) is 1.25. The Labute approximate surface area is 89.1 Å². The van der Waals surface area contributed by atoms with Crippen LogP contribution in [0.4, 0.5) is 4.39 Å². The summed E-state index contributed by atoms with van der Waals surface area (Å²) in [5, 5.41) is 0. The van der Waals surface area contributed by atoms with Gasteiger partial charge >= 0.3 is 0 Å². The molecule has 0 aromatic heterocycles. The molecule has 0 radical (unpaired) electrons. The first-order chi connectivity index (χ1) is 6.50. The van der Waals surface area contributed by atoms with E-state index in [-0.39, 0.29) is 11.7 Å². The molecule has 1 atom stereocenters. The molecule has 1 rings (SSSR count). The zero-order valence-corrected chi connectivity index (χ0v) is 9.20. The molecule has 0 spiro atoms. The van der Waals surface area contributed by atoms with Gasteiger partial charge in [0, 0.05) is 5.92 Å². The van der Waals surface area contributed by atoms with Crippen LogP contribution in [-0.2, 0) is 6.42 Å². The highest BCUT2D eigenvalue weighted by Crippen LogP contribution is 2.14. The van der Waals surface area contributed by atoms with E-state index in [2.05, 4.69) is 0 Å². The van der Waals surface area contributed by atoms with Gasteiger partial charge in [-0.3, -0.25) is 0 Å². The van der Waals surface area contributed by atoms with E-state index in [1.807, 2.05) is 19.9 Å². The number of benzene rings is 1. The molecule has 0 heterocycles. The second-order valence-electron chi connectivity index (χ2n) is 3.60. The largest absolute Gasteiger partial charge is 0.393 e. The SMILES string of the molecule is Cc1ccc(CC(C)C(N)=S)c(F)c1.